The number of carbonyl (C=O) groups is 1. The number of hydrogen-bond acceptors (Lipinski definition) is 5. The Morgan fingerprint density at radius 3 is 2.89 bits per heavy atom. The van der Waals surface area contributed by atoms with E-state index < -0.39 is 16.4 Å². The van der Waals surface area contributed by atoms with Gasteiger partial charge >= 0.3 is 11.0 Å². The number of aliphatic carboxylic acids is 1. The van der Waals surface area contributed by atoms with Crippen molar-refractivity contribution in [2.75, 3.05) is 6.54 Å². The maximum atomic E-state index is 11.5. The van der Waals surface area contributed by atoms with Gasteiger partial charge in [0.05, 0.1) is 4.92 Å². The molecule has 0 spiro atoms. The molecule has 0 bridgehead atoms. The molecule has 0 radical (unpaired) electrons. The van der Waals surface area contributed by atoms with Gasteiger partial charge in [0.2, 0.25) is 0 Å². The summed E-state index contributed by atoms with van der Waals surface area (Å²) in [7, 11) is 0. The van der Waals surface area contributed by atoms with Gasteiger partial charge in [0.25, 0.3) is 0 Å². The summed E-state index contributed by atoms with van der Waals surface area (Å²) < 4.78 is 0. The third-order valence-electron chi connectivity index (χ3n) is 3.78. The molecule has 0 amide bonds. The molecule has 1 atom stereocenters. The van der Waals surface area contributed by atoms with Crippen LogP contribution >= 0.6 is 11.3 Å². The SMILES string of the molecule is CCC1(C(=O)O)CCCN1Cc1ccc([N+](=O)[O-])s1. The van der Waals surface area contributed by atoms with Crippen LogP contribution in [0, 0.1) is 10.1 Å². The van der Waals surface area contributed by atoms with E-state index in [0.29, 0.717) is 19.4 Å². The monoisotopic (exact) mass is 284 g/mol. The van der Waals surface area contributed by atoms with E-state index in [1.54, 1.807) is 6.07 Å². The highest BCUT2D eigenvalue weighted by atomic mass is 32.1. The molecule has 0 saturated carbocycles. The summed E-state index contributed by atoms with van der Waals surface area (Å²) in [6.07, 6.45) is 2.05. The normalized spacial score (nSPS) is 23.6. The third-order valence-corrected chi connectivity index (χ3v) is 4.80. The molecule has 1 aromatic rings. The fraction of sp³-hybridized carbons (Fsp3) is 0.583. The van der Waals surface area contributed by atoms with E-state index in [9.17, 15) is 20.0 Å². The number of rotatable bonds is 5. The number of hydrogen-bond donors (Lipinski definition) is 1. The molecule has 2 heterocycles. The van der Waals surface area contributed by atoms with Crippen LogP contribution in [0.4, 0.5) is 5.00 Å². The Bertz CT molecular complexity index is 502. The molecule has 19 heavy (non-hydrogen) atoms. The van der Waals surface area contributed by atoms with Crippen molar-refractivity contribution in [1.82, 2.24) is 4.90 Å². The van der Waals surface area contributed by atoms with Crippen LogP contribution in [-0.2, 0) is 11.3 Å². The maximum Gasteiger partial charge on any atom is 0.324 e. The Kier molecular flexibility index (Phi) is 3.86. The molecule has 0 aromatic carbocycles. The first-order chi connectivity index (χ1) is 8.99. The average molecular weight is 284 g/mol. The van der Waals surface area contributed by atoms with Crippen molar-refractivity contribution in [2.24, 2.45) is 0 Å². The number of carboxylic acids is 1. The average Bonchev–Trinajstić information content (AvgIpc) is 2.96. The van der Waals surface area contributed by atoms with Crippen LogP contribution in [0.3, 0.4) is 0 Å². The van der Waals surface area contributed by atoms with E-state index in [1.807, 2.05) is 11.8 Å². The lowest BCUT2D eigenvalue weighted by molar-refractivity contribution is -0.380. The zero-order chi connectivity index (χ0) is 14.0. The summed E-state index contributed by atoms with van der Waals surface area (Å²) in [5.74, 6) is -0.793. The highest BCUT2D eigenvalue weighted by molar-refractivity contribution is 7.15. The lowest BCUT2D eigenvalue weighted by atomic mass is 9.93. The molecule has 1 unspecified atom stereocenters. The van der Waals surface area contributed by atoms with E-state index in [2.05, 4.69) is 0 Å². The quantitative estimate of drug-likeness (QED) is 0.663. The van der Waals surface area contributed by atoms with Crippen molar-refractivity contribution in [3.8, 4) is 0 Å². The predicted octanol–water partition coefficient (Wildman–Crippen LogP) is 2.49. The Hall–Kier alpha value is -1.47. The summed E-state index contributed by atoms with van der Waals surface area (Å²) in [6, 6.07) is 3.19. The van der Waals surface area contributed by atoms with Crippen molar-refractivity contribution >= 4 is 22.3 Å². The first-order valence-electron chi connectivity index (χ1n) is 6.21. The van der Waals surface area contributed by atoms with Crippen molar-refractivity contribution in [3.63, 3.8) is 0 Å². The van der Waals surface area contributed by atoms with E-state index in [-0.39, 0.29) is 5.00 Å². The van der Waals surface area contributed by atoms with Crippen LogP contribution in [0.5, 0.6) is 0 Å². The van der Waals surface area contributed by atoms with Gasteiger partial charge in [0, 0.05) is 17.5 Å². The predicted molar refractivity (Wildman–Crippen MR) is 71.3 cm³/mol. The zero-order valence-corrected chi connectivity index (χ0v) is 11.5. The Morgan fingerprint density at radius 2 is 2.37 bits per heavy atom. The standard InChI is InChI=1S/C12H16N2O4S/c1-2-12(11(15)16)6-3-7-13(12)8-9-4-5-10(19-9)14(17)18/h4-5H,2-3,6-8H2,1H3,(H,15,16). The molecule has 1 N–H and O–H groups in total. The summed E-state index contributed by atoms with van der Waals surface area (Å²) in [6.45, 7) is 3.08. The second-order valence-corrected chi connectivity index (χ2v) is 5.86. The van der Waals surface area contributed by atoms with Crippen LogP contribution in [0.2, 0.25) is 0 Å². The highest BCUT2D eigenvalue weighted by Crippen LogP contribution is 2.35. The second-order valence-electron chi connectivity index (χ2n) is 4.71. The van der Waals surface area contributed by atoms with Crippen LogP contribution in [0.1, 0.15) is 31.1 Å². The van der Waals surface area contributed by atoms with Crippen molar-refractivity contribution in [1.29, 1.82) is 0 Å². The highest BCUT2D eigenvalue weighted by Gasteiger charge is 2.46. The van der Waals surface area contributed by atoms with Crippen molar-refractivity contribution in [3.05, 3.63) is 27.1 Å². The van der Waals surface area contributed by atoms with E-state index in [1.165, 1.54) is 6.07 Å². The minimum atomic E-state index is -0.807. The molecular weight excluding hydrogens is 268 g/mol. The van der Waals surface area contributed by atoms with Gasteiger partial charge in [-0.25, -0.2) is 0 Å². The minimum Gasteiger partial charge on any atom is -0.480 e. The van der Waals surface area contributed by atoms with E-state index in [4.69, 9.17) is 0 Å². The zero-order valence-electron chi connectivity index (χ0n) is 10.7. The van der Waals surface area contributed by atoms with Gasteiger partial charge < -0.3 is 5.11 Å². The molecule has 1 aliphatic heterocycles. The van der Waals surface area contributed by atoms with Crippen LogP contribution in [-0.4, -0.2) is 33.0 Å². The Labute approximate surface area is 114 Å². The van der Waals surface area contributed by atoms with Crippen LogP contribution in [0.15, 0.2) is 12.1 Å². The summed E-state index contributed by atoms with van der Waals surface area (Å²) in [5.41, 5.74) is -0.807. The lowest BCUT2D eigenvalue weighted by Gasteiger charge is -2.33. The molecule has 1 saturated heterocycles. The van der Waals surface area contributed by atoms with E-state index in [0.717, 1.165) is 29.2 Å². The first-order valence-corrected chi connectivity index (χ1v) is 7.03. The van der Waals surface area contributed by atoms with Gasteiger partial charge in [-0.05, 0) is 31.9 Å². The smallest absolute Gasteiger partial charge is 0.324 e. The van der Waals surface area contributed by atoms with Gasteiger partial charge in [-0.1, -0.05) is 18.3 Å². The number of nitro groups is 1. The fourth-order valence-electron chi connectivity index (χ4n) is 2.70. The van der Waals surface area contributed by atoms with Crippen LogP contribution in [0.25, 0.3) is 0 Å². The van der Waals surface area contributed by atoms with Gasteiger partial charge in [-0.3, -0.25) is 19.8 Å². The topological polar surface area (TPSA) is 83.7 Å². The van der Waals surface area contributed by atoms with Crippen molar-refractivity contribution in [2.45, 2.75) is 38.3 Å². The fourth-order valence-corrected chi connectivity index (χ4v) is 3.53. The molecule has 1 aliphatic rings. The summed E-state index contributed by atoms with van der Waals surface area (Å²) >= 11 is 1.12. The molecule has 1 fully saturated rings. The Balaban J connectivity index is 2.17. The lowest BCUT2D eigenvalue weighted by Crippen LogP contribution is -2.49. The Morgan fingerprint density at radius 1 is 1.63 bits per heavy atom. The molecule has 104 valence electrons. The van der Waals surface area contributed by atoms with Crippen LogP contribution < -0.4 is 0 Å². The van der Waals surface area contributed by atoms with Gasteiger partial charge in [0.15, 0.2) is 0 Å². The third kappa shape index (κ3) is 2.48. The van der Waals surface area contributed by atoms with E-state index >= 15 is 0 Å². The molecule has 6 nitrogen and oxygen atoms in total. The molecule has 1 aromatic heterocycles. The maximum absolute atomic E-state index is 11.5. The summed E-state index contributed by atoms with van der Waals surface area (Å²) in [4.78, 5) is 24.5. The summed E-state index contributed by atoms with van der Waals surface area (Å²) in [5, 5.41) is 20.2. The van der Waals surface area contributed by atoms with Gasteiger partial charge in [-0.2, -0.15) is 0 Å². The number of likely N-dealkylation sites (tertiary alicyclic amines) is 1. The molecule has 0 aliphatic carbocycles. The molecular formula is C12H16N2O4S. The number of nitrogens with zero attached hydrogens (tertiary/aromatic N) is 2. The number of carboxylic acid groups (broad SMARTS) is 1. The molecule has 2 rings (SSSR count). The first kappa shape index (κ1) is 14.0. The molecule has 7 heteroatoms. The van der Waals surface area contributed by atoms with Crippen molar-refractivity contribution < 1.29 is 14.8 Å². The van der Waals surface area contributed by atoms with Gasteiger partial charge in [-0.15, -0.1) is 0 Å². The minimum absolute atomic E-state index is 0.103. The second kappa shape index (κ2) is 5.26. The van der Waals surface area contributed by atoms with Gasteiger partial charge in [0.1, 0.15) is 5.54 Å². The number of thiophene rings is 1. The largest absolute Gasteiger partial charge is 0.480 e.